The van der Waals surface area contributed by atoms with E-state index in [1.165, 1.54) is 7.11 Å². The molecule has 0 aromatic heterocycles. The van der Waals surface area contributed by atoms with E-state index in [1.54, 1.807) is 6.07 Å². The van der Waals surface area contributed by atoms with Crippen LogP contribution < -0.4 is 10.6 Å². The number of anilines is 1. The van der Waals surface area contributed by atoms with Crippen molar-refractivity contribution in [2.75, 3.05) is 25.6 Å². The molecule has 32 heavy (non-hydrogen) atoms. The number of ether oxygens (including phenoxy) is 2. The second-order valence-electron chi connectivity index (χ2n) is 7.27. The van der Waals surface area contributed by atoms with Crippen LogP contribution in [0.2, 0.25) is 0 Å². The molecule has 0 saturated carbocycles. The van der Waals surface area contributed by atoms with Gasteiger partial charge in [0.25, 0.3) is 0 Å². The van der Waals surface area contributed by atoms with Crippen molar-refractivity contribution in [1.29, 1.82) is 0 Å². The van der Waals surface area contributed by atoms with Crippen LogP contribution in [0.1, 0.15) is 31.0 Å². The lowest BCUT2D eigenvalue weighted by Crippen LogP contribution is -2.47. The zero-order valence-electron chi connectivity index (χ0n) is 18.4. The number of allylic oxidation sites excluding steroid dienone is 1. The van der Waals surface area contributed by atoms with E-state index in [1.807, 2.05) is 67.3 Å². The van der Waals surface area contributed by atoms with Gasteiger partial charge in [0.1, 0.15) is 6.61 Å². The Balaban J connectivity index is 1.72. The number of nitrogens with zero attached hydrogens (tertiary/aromatic N) is 1. The van der Waals surface area contributed by atoms with Gasteiger partial charge in [0.15, 0.2) is 5.11 Å². The number of rotatable bonds is 8. The van der Waals surface area contributed by atoms with Gasteiger partial charge in [-0.2, -0.15) is 0 Å². The average Bonchev–Trinajstić information content (AvgIpc) is 2.79. The summed E-state index contributed by atoms with van der Waals surface area (Å²) >= 11 is 5.49. The number of hydrogen-bond donors (Lipinski definition) is 2. The molecule has 8 heteroatoms. The highest BCUT2D eigenvalue weighted by atomic mass is 32.1. The fourth-order valence-electron chi connectivity index (χ4n) is 3.62. The molecule has 1 amide bonds. The molecule has 1 aliphatic rings. The number of carbonyl (C=O) groups excluding carboxylic acids is 2. The minimum atomic E-state index is -0.482. The Kier molecular flexibility index (Phi) is 7.97. The van der Waals surface area contributed by atoms with Gasteiger partial charge in [-0.05, 0) is 49.3 Å². The summed E-state index contributed by atoms with van der Waals surface area (Å²) in [5.74, 6) is -0.688. The molecule has 3 rings (SSSR count). The number of esters is 1. The summed E-state index contributed by atoms with van der Waals surface area (Å²) < 4.78 is 10.5. The van der Waals surface area contributed by atoms with Gasteiger partial charge in [-0.3, -0.25) is 4.79 Å². The lowest BCUT2D eigenvalue weighted by molar-refractivity contribution is -0.136. The van der Waals surface area contributed by atoms with Gasteiger partial charge < -0.3 is 25.0 Å². The number of carbonyl (C=O) groups is 2. The quantitative estimate of drug-likeness (QED) is 0.467. The van der Waals surface area contributed by atoms with Crippen molar-refractivity contribution in [3.63, 3.8) is 0 Å². The van der Waals surface area contributed by atoms with E-state index in [0.717, 1.165) is 16.8 Å². The zero-order valence-corrected chi connectivity index (χ0v) is 19.2. The molecule has 2 aromatic carbocycles. The summed E-state index contributed by atoms with van der Waals surface area (Å²) in [7, 11) is 1.36. The van der Waals surface area contributed by atoms with Crippen molar-refractivity contribution in [1.82, 2.24) is 10.2 Å². The lowest BCUT2D eigenvalue weighted by Gasteiger charge is -2.37. The van der Waals surface area contributed by atoms with Crippen molar-refractivity contribution in [3.8, 4) is 0 Å². The largest absolute Gasteiger partial charge is 0.466 e. The summed E-state index contributed by atoms with van der Waals surface area (Å²) in [5.41, 5.74) is 3.61. The Bertz CT molecular complexity index is 1020. The molecule has 1 aliphatic heterocycles. The van der Waals surface area contributed by atoms with E-state index in [9.17, 15) is 9.59 Å². The molecule has 2 N–H and O–H groups in total. The van der Waals surface area contributed by atoms with E-state index >= 15 is 0 Å². The molecule has 0 spiro atoms. The number of amides is 1. The Morgan fingerprint density at radius 2 is 1.91 bits per heavy atom. The SMILES string of the molecule is CCN1C(=S)NC(c2cccc(NC(=O)COCc3ccccc3)c2)C(C(=O)OC)=C1C. The molecular weight excluding hydrogens is 426 g/mol. The van der Waals surface area contributed by atoms with Crippen LogP contribution in [-0.4, -0.2) is 42.2 Å². The summed E-state index contributed by atoms with van der Waals surface area (Å²) in [4.78, 5) is 26.7. The van der Waals surface area contributed by atoms with Crippen LogP contribution in [0.3, 0.4) is 0 Å². The molecule has 1 atom stereocenters. The number of benzene rings is 2. The van der Waals surface area contributed by atoms with Crippen molar-refractivity contribution in [2.24, 2.45) is 0 Å². The molecule has 0 bridgehead atoms. The van der Waals surface area contributed by atoms with E-state index in [4.69, 9.17) is 21.7 Å². The van der Waals surface area contributed by atoms with Gasteiger partial charge in [0.2, 0.25) is 5.91 Å². The van der Waals surface area contributed by atoms with E-state index in [-0.39, 0.29) is 12.5 Å². The predicted molar refractivity (Wildman–Crippen MR) is 127 cm³/mol. The van der Waals surface area contributed by atoms with Gasteiger partial charge in [-0.15, -0.1) is 0 Å². The normalized spacial score (nSPS) is 15.9. The predicted octanol–water partition coefficient (Wildman–Crippen LogP) is 3.54. The molecule has 0 radical (unpaired) electrons. The highest BCUT2D eigenvalue weighted by Gasteiger charge is 2.34. The van der Waals surface area contributed by atoms with Crippen LogP contribution in [0.25, 0.3) is 0 Å². The summed E-state index contributed by atoms with van der Waals surface area (Å²) in [6, 6.07) is 16.5. The fraction of sp³-hybridized carbons (Fsp3) is 0.292. The summed E-state index contributed by atoms with van der Waals surface area (Å²) in [5, 5.41) is 6.60. The van der Waals surface area contributed by atoms with Crippen molar-refractivity contribution >= 4 is 34.9 Å². The van der Waals surface area contributed by atoms with Crippen molar-refractivity contribution in [3.05, 3.63) is 77.0 Å². The minimum absolute atomic E-state index is 0.0667. The smallest absolute Gasteiger partial charge is 0.337 e. The summed E-state index contributed by atoms with van der Waals surface area (Å²) in [6.07, 6.45) is 0. The van der Waals surface area contributed by atoms with Crippen LogP contribution >= 0.6 is 12.2 Å². The topological polar surface area (TPSA) is 79.9 Å². The maximum Gasteiger partial charge on any atom is 0.337 e. The Morgan fingerprint density at radius 1 is 1.16 bits per heavy atom. The van der Waals surface area contributed by atoms with Crippen molar-refractivity contribution < 1.29 is 19.1 Å². The highest BCUT2D eigenvalue weighted by Crippen LogP contribution is 2.32. The molecule has 7 nitrogen and oxygen atoms in total. The minimum Gasteiger partial charge on any atom is -0.466 e. The maximum atomic E-state index is 12.6. The van der Waals surface area contributed by atoms with E-state index in [2.05, 4.69) is 10.6 Å². The third-order valence-corrected chi connectivity index (χ3v) is 5.50. The van der Waals surface area contributed by atoms with Crippen molar-refractivity contribution in [2.45, 2.75) is 26.5 Å². The lowest BCUT2D eigenvalue weighted by atomic mass is 9.94. The highest BCUT2D eigenvalue weighted by molar-refractivity contribution is 7.80. The molecule has 1 heterocycles. The third kappa shape index (κ3) is 5.52. The molecule has 168 valence electrons. The first-order chi connectivity index (χ1) is 15.4. The van der Waals surface area contributed by atoms with Crippen LogP contribution in [0.5, 0.6) is 0 Å². The first kappa shape index (κ1) is 23.4. The Morgan fingerprint density at radius 3 is 2.59 bits per heavy atom. The van der Waals surface area contributed by atoms with Gasteiger partial charge in [-0.1, -0.05) is 42.5 Å². The maximum absolute atomic E-state index is 12.6. The standard InChI is InChI=1S/C24H27N3O4S/c1-4-27-16(2)21(23(29)30-3)22(26-24(27)32)18-11-8-12-19(13-18)25-20(28)15-31-14-17-9-6-5-7-10-17/h5-13,22H,4,14-15H2,1-3H3,(H,25,28)(H,26,32). The van der Waals surface area contributed by atoms with Crippen LogP contribution in [0, 0.1) is 0 Å². The third-order valence-electron chi connectivity index (χ3n) is 5.17. The molecular formula is C24H27N3O4S. The molecule has 0 saturated heterocycles. The van der Waals surface area contributed by atoms with Gasteiger partial charge in [0, 0.05) is 17.9 Å². The first-order valence-corrected chi connectivity index (χ1v) is 10.7. The number of nitrogens with one attached hydrogen (secondary N) is 2. The second-order valence-corrected chi connectivity index (χ2v) is 7.66. The Labute approximate surface area is 193 Å². The van der Waals surface area contributed by atoms with Gasteiger partial charge in [-0.25, -0.2) is 4.79 Å². The van der Waals surface area contributed by atoms with E-state index in [0.29, 0.717) is 29.5 Å². The zero-order chi connectivity index (χ0) is 23.1. The molecule has 1 unspecified atom stereocenters. The molecule has 2 aromatic rings. The average molecular weight is 454 g/mol. The van der Waals surface area contributed by atoms with E-state index < -0.39 is 12.0 Å². The molecule has 0 aliphatic carbocycles. The second kappa shape index (κ2) is 10.9. The monoisotopic (exact) mass is 453 g/mol. The number of thiocarbonyl (C=S) groups is 1. The summed E-state index contributed by atoms with van der Waals surface area (Å²) in [6.45, 7) is 4.74. The van der Waals surface area contributed by atoms with Crippen LogP contribution in [0.4, 0.5) is 5.69 Å². The molecule has 0 fully saturated rings. The van der Waals surface area contributed by atoms with Gasteiger partial charge in [0.05, 0.1) is 25.3 Å². The number of hydrogen-bond acceptors (Lipinski definition) is 5. The Hall–Kier alpha value is -3.23. The first-order valence-electron chi connectivity index (χ1n) is 10.3. The van der Waals surface area contributed by atoms with Gasteiger partial charge >= 0.3 is 5.97 Å². The fourth-order valence-corrected chi connectivity index (χ4v) is 4.00. The van der Waals surface area contributed by atoms with Crippen LogP contribution in [-0.2, 0) is 25.7 Å². The number of methoxy groups -OCH3 is 1. The van der Waals surface area contributed by atoms with Crippen LogP contribution in [0.15, 0.2) is 65.9 Å².